The van der Waals surface area contributed by atoms with Crippen molar-refractivity contribution in [2.45, 2.75) is 0 Å². The molecular formula is C18H18N4O. The normalized spacial score (nSPS) is 11.7. The first-order chi connectivity index (χ1) is 11.1. The van der Waals surface area contributed by atoms with Crippen molar-refractivity contribution in [1.29, 1.82) is 0 Å². The van der Waals surface area contributed by atoms with Crippen LogP contribution in [0.4, 0.5) is 5.69 Å². The second-order valence-corrected chi connectivity index (χ2v) is 5.46. The molecule has 3 aromatic rings. The third kappa shape index (κ3) is 2.94. The third-order valence-corrected chi connectivity index (χ3v) is 3.60. The van der Waals surface area contributed by atoms with E-state index < -0.39 is 0 Å². The van der Waals surface area contributed by atoms with Crippen molar-refractivity contribution >= 4 is 18.3 Å². The van der Waals surface area contributed by atoms with E-state index in [1.807, 2.05) is 61.5 Å². The van der Waals surface area contributed by atoms with Crippen LogP contribution in [0.2, 0.25) is 0 Å². The van der Waals surface area contributed by atoms with Crippen LogP contribution >= 0.6 is 0 Å². The zero-order valence-electron chi connectivity index (χ0n) is 13.2. The molecule has 0 saturated heterocycles. The van der Waals surface area contributed by atoms with Crippen molar-refractivity contribution in [3.63, 3.8) is 0 Å². The van der Waals surface area contributed by atoms with Crippen LogP contribution in [0.3, 0.4) is 0 Å². The van der Waals surface area contributed by atoms with Crippen LogP contribution in [0.1, 0.15) is 5.56 Å². The Balaban J connectivity index is 2.09. The first-order valence-electron chi connectivity index (χ1n) is 7.27. The molecule has 0 radical (unpaired) electrons. The molecule has 2 heterocycles. The Morgan fingerprint density at radius 3 is 2.52 bits per heavy atom. The minimum Gasteiger partial charge on any atom is -0.378 e. The van der Waals surface area contributed by atoms with Gasteiger partial charge in [0.1, 0.15) is 0 Å². The fourth-order valence-corrected chi connectivity index (χ4v) is 2.33. The number of aromatic amines is 1. The molecule has 0 aliphatic rings. The molecule has 0 atom stereocenters. The summed E-state index contributed by atoms with van der Waals surface area (Å²) in [6.07, 6.45) is 3.48. The number of aromatic nitrogens is 3. The second kappa shape index (κ2) is 5.96. The monoisotopic (exact) mass is 306 g/mol. The maximum Gasteiger partial charge on any atom is 0.280 e. The SMILES string of the molecule is C=c1[nH]n(-c2ccccn2)c(=O)c1=Cc1ccc(N(C)C)cc1. The van der Waals surface area contributed by atoms with Crippen molar-refractivity contribution in [3.8, 4) is 5.82 Å². The largest absolute Gasteiger partial charge is 0.378 e. The van der Waals surface area contributed by atoms with E-state index in [1.54, 1.807) is 12.3 Å². The molecule has 0 saturated carbocycles. The highest BCUT2D eigenvalue weighted by Gasteiger charge is 2.05. The number of rotatable bonds is 3. The number of nitrogens with zero attached hydrogens (tertiary/aromatic N) is 3. The second-order valence-electron chi connectivity index (χ2n) is 5.46. The maximum atomic E-state index is 12.6. The zero-order chi connectivity index (χ0) is 16.4. The van der Waals surface area contributed by atoms with Crippen LogP contribution in [-0.2, 0) is 0 Å². The summed E-state index contributed by atoms with van der Waals surface area (Å²) in [6, 6.07) is 13.4. The van der Waals surface area contributed by atoms with Gasteiger partial charge in [0.15, 0.2) is 5.82 Å². The molecule has 5 nitrogen and oxygen atoms in total. The number of hydrogen-bond acceptors (Lipinski definition) is 3. The lowest BCUT2D eigenvalue weighted by atomic mass is 10.1. The summed E-state index contributed by atoms with van der Waals surface area (Å²) < 4.78 is 1.41. The molecule has 0 spiro atoms. The van der Waals surface area contributed by atoms with Gasteiger partial charge in [0.05, 0.1) is 10.6 Å². The molecule has 23 heavy (non-hydrogen) atoms. The van der Waals surface area contributed by atoms with Gasteiger partial charge in [0.25, 0.3) is 5.56 Å². The number of benzene rings is 1. The summed E-state index contributed by atoms with van der Waals surface area (Å²) in [6.45, 7) is 3.93. The van der Waals surface area contributed by atoms with Crippen LogP contribution in [-0.4, -0.2) is 28.9 Å². The number of nitrogens with one attached hydrogen (secondary N) is 1. The summed E-state index contributed by atoms with van der Waals surface area (Å²) in [5, 5.41) is 4.07. The Labute approximate surface area is 133 Å². The van der Waals surface area contributed by atoms with E-state index in [1.165, 1.54) is 4.68 Å². The summed E-state index contributed by atoms with van der Waals surface area (Å²) in [4.78, 5) is 18.8. The van der Waals surface area contributed by atoms with E-state index in [0.29, 0.717) is 16.4 Å². The topological polar surface area (TPSA) is 53.9 Å². The zero-order valence-corrected chi connectivity index (χ0v) is 13.2. The van der Waals surface area contributed by atoms with Gasteiger partial charge in [-0.05, 0) is 35.9 Å². The number of anilines is 1. The molecule has 0 aliphatic carbocycles. The summed E-state index contributed by atoms with van der Waals surface area (Å²) in [5.41, 5.74) is 1.90. The van der Waals surface area contributed by atoms with Crippen molar-refractivity contribution in [2.24, 2.45) is 0 Å². The van der Waals surface area contributed by atoms with Crippen LogP contribution < -0.4 is 21.0 Å². The van der Waals surface area contributed by atoms with E-state index in [4.69, 9.17) is 0 Å². The molecular weight excluding hydrogens is 288 g/mol. The lowest BCUT2D eigenvalue weighted by molar-refractivity contribution is 0.809. The molecule has 0 aliphatic heterocycles. The Morgan fingerprint density at radius 1 is 1.17 bits per heavy atom. The van der Waals surface area contributed by atoms with E-state index in [9.17, 15) is 4.79 Å². The lowest BCUT2D eigenvalue weighted by Gasteiger charge is -2.11. The third-order valence-electron chi connectivity index (χ3n) is 3.60. The smallest absolute Gasteiger partial charge is 0.280 e. The van der Waals surface area contributed by atoms with Crippen molar-refractivity contribution < 1.29 is 0 Å². The van der Waals surface area contributed by atoms with Gasteiger partial charge >= 0.3 is 0 Å². The van der Waals surface area contributed by atoms with Crippen molar-refractivity contribution in [1.82, 2.24) is 14.8 Å². The van der Waals surface area contributed by atoms with E-state index in [0.717, 1.165) is 11.3 Å². The molecule has 0 bridgehead atoms. The predicted molar refractivity (Wildman–Crippen MR) is 93.3 cm³/mol. The van der Waals surface area contributed by atoms with Gasteiger partial charge in [0.2, 0.25) is 0 Å². The fraction of sp³-hybridized carbons (Fsp3) is 0.111. The predicted octanol–water partition coefficient (Wildman–Crippen LogP) is 0.866. The average Bonchev–Trinajstić information content (AvgIpc) is 2.84. The van der Waals surface area contributed by atoms with Gasteiger partial charge in [-0.25, -0.2) is 9.67 Å². The summed E-state index contributed by atoms with van der Waals surface area (Å²) >= 11 is 0. The molecule has 116 valence electrons. The Morgan fingerprint density at radius 2 is 1.91 bits per heavy atom. The summed E-state index contributed by atoms with van der Waals surface area (Å²) in [7, 11) is 3.98. The van der Waals surface area contributed by atoms with E-state index >= 15 is 0 Å². The number of H-pyrrole nitrogens is 1. The molecule has 5 heteroatoms. The molecule has 2 aromatic heterocycles. The lowest BCUT2D eigenvalue weighted by Crippen LogP contribution is -2.34. The minimum atomic E-state index is -0.162. The fourth-order valence-electron chi connectivity index (χ4n) is 2.33. The van der Waals surface area contributed by atoms with Crippen LogP contribution in [0.25, 0.3) is 18.5 Å². The van der Waals surface area contributed by atoms with Gasteiger partial charge in [0, 0.05) is 26.0 Å². The van der Waals surface area contributed by atoms with Crippen LogP contribution in [0.5, 0.6) is 0 Å². The average molecular weight is 306 g/mol. The quantitative estimate of drug-likeness (QED) is 0.781. The number of hydrogen-bond donors (Lipinski definition) is 1. The Kier molecular flexibility index (Phi) is 3.85. The molecule has 1 aromatic carbocycles. The van der Waals surface area contributed by atoms with Crippen LogP contribution in [0, 0.1) is 0 Å². The highest BCUT2D eigenvalue weighted by molar-refractivity contribution is 5.55. The van der Waals surface area contributed by atoms with Gasteiger partial charge < -0.3 is 4.90 Å². The minimum absolute atomic E-state index is 0.162. The maximum absolute atomic E-state index is 12.6. The molecule has 3 rings (SSSR count). The first kappa shape index (κ1) is 14.8. The van der Waals surface area contributed by atoms with E-state index in [-0.39, 0.29) is 5.56 Å². The number of pyridine rings is 1. The van der Waals surface area contributed by atoms with Crippen molar-refractivity contribution in [2.75, 3.05) is 19.0 Å². The van der Waals surface area contributed by atoms with Crippen molar-refractivity contribution in [3.05, 3.63) is 75.1 Å². The molecule has 0 fully saturated rings. The Hall–Kier alpha value is -3.08. The van der Waals surface area contributed by atoms with Crippen LogP contribution in [0.15, 0.2) is 53.5 Å². The first-order valence-corrected chi connectivity index (χ1v) is 7.27. The summed E-state index contributed by atoms with van der Waals surface area (Å²) in [5.74, 6) is 0.546. The highest BCUT2D eigenvalue weighted by Crippen LogP contribution is 2.12. The van der Waals surface area contributed by atoms with Gasteiger partial charge in [-0.2, -0.15) is 0 Å². The molecule has 0 amide bonds. The van der Waals surface area contributed by atoms with E-state index in [2.05, 4.69) is 16.7 Å². The standard InChI is InChI=1S/C18H18N4O/c1-13-16(12-14-7-9-15(10-8-14)21(2)3)18(23)22(20-13)17-6-4-5-11-19-17/h4-12,20H,1H2,2-3H3. The highest BCUT2D eigenvalue weighted by atomic mass is 16.1. The van der Waals surface area contributed by atoms with Gasteiger partial charge in [-0.15, -0.1) is 0 Å². The Bertz CT molecular complexity index is 967. The van der Waals surface area contributed by atoms with Gasteiger partial charge in [-0.3, -0.25) is 9.89 Å². The molecule has 1 N–H and O–H groups in total. The van der Waals surface area contributed by atoms with Gasteiger partial charge in [-0.1, -0.05) is 24.8 Å². The molecule has 0 unspecified atom stereocenters.